The van der Waals surface area contributed by atoms with Crippen molar-refractivity contribution in [1.29, 1.82) is 0 Å². The Morgan fingerprint density at radius 1 is 1.27 bits per heavy atom. The number of carbonyl (C=O) groups excluding carboxylic acids is 1. The molecule has 2 rings (SSSR count). The maximum atomic E-state index is 12.2. The first-order chi connectivity index (χ1) is 12.4. The standard InChI is InChI=1S/C19H24BrN3O3/c1-5-9-23(6-2)14-10-12(3)22-19(17(14)18(21)24)26-15-8-7-13(20)11-16(15)25-4/h7-8,10-11H,5-6,9H2,1-4H3,(H2,21,24). The Labute approximate surface area is 162 Å². The third kappa shape index (κ3) is 4.46. The highest BCUT2D eigenvalue weighted by atomic mass is 79.9. The number of ether oxygens (including phenoxy) is 2. The van der Waals surface area contributed by atoms with Crippen LogP contribution in [-0.4, -0.2) is 31.1 Å². The van der Waals surface area contributed by atoms with Gasteiger partial charge in [-0.3, -0.25) is 4.79 Å². The number of nitrogens with zero attached hydrogens (tertiary/aromatic N) is 2. The molecule has 0 aliphatic carbocycles. The number of rotatable bonds is 8. The molecular weight excluding hydrogens is 398 g/mol. The molecule has 0 saturated carbocycles. The molecule has 26 heavy (non-hydrogen) atoms. The molecule has 140 valence electrons. The lowest BCUT2D eigenvalue weighted by Gasteiger charge is -2.25. The zero-order valence-corrected chi connectivity index (χ0v) is 17.1. The Hall–Kier alpha value is -2.28. The molecule has 0 saturated heterocycles. The summed E-state index contributed by atoms with van der Waals surface area (Å²) in [5.41, 5.74) is 7.43. The largest absolute Gasteiger partial charge is 0.493 e. The lowest BCUT2D eigenvalue weighted by molar-refractivity contribution is 0.0998. The quantitative estimate of drug-likeness (QED) is 0.687. The molecule has 0 unspecified atom stereocenters. The number of hydrogen-bond donors (Lipinski definition) is 1. The van der Waals surface area contributed by atoms with E-state index in [-0.39, 0.29) is 11.4 Å². The number of hydrogen-bond acceptors (Lipinski definition) is 5. The molecule has 0 bridgehead atoms. The molecule has 2 N–H and O–H groups in total. The second kappa shape index (κ2) is 8.89. The van der Waals surface area contributed by atoms with Crippen LogP contribution in [0.4, 0.5) is 5.69 Å². The SMILES string of the molecule is CCCN(CC)c1cc(C)nc(Oc2ccc(Br)cc2OC)c1C(N)=O. The predicted molar refractivity (Wildman–Crippen MR) is 106 cm³/mol. The first kappa shape index (κ1) is 20.0. The number of anilines is 1. The van der Waals surface area contributed by atoms with Crippen LogP contribution in [0.25, 0.3) is 0 Å². The van der Waals surface area contributed by atoms with E-state index in [0.717, 1.165) is 35.4 Å². The van der Waals surface area contributed by atoms with Crippen LogP contribution < -0.4 is 20.1 Å². The van der Waals surface area contributed by atoms with Crippen molar-refractivity contribution in [3.63, 3.8) is 0 Å². The first-order valence-electron chi connectivity index (χ1n) is 8.49. The smallest absolute Gasteiger partial charge is 0.256 e. The minimum absolute atomic E-state index is 0.183. The van der Waals surface area contributed by atoms with E-state index in [1.807, 2.05) is 26.0 Å². The summed E-state index contributed by atoms with van der Waals surface area (Å²) >= 11 is 3.40. The van der Waals surface area contributed by atoms with Gasteiger partial charge in [-0.1, -0.05) is 22.9 Å². The number of carbonyl (C=O) groups is 1. The van der Waals surface area contributed by atoms with Crippen molar-refractivity contribution in [2.75, 3.05) is 25.1 Å². The minimum Gasteiger partial charge on any atom is -0.493 e. The summed E-state index contributed by atoms with van der Waals surface area (Å²) in [5, 5.41) is 0. The maximum absolute atomic E-state index is 12.2. The predicted octanol–water partition coefficient (Wildman–Crippen LogP) is 4.29. The van der Waals surface area contributed by atoms with Gasteiger partial charge >= 0.3 is 0 Å². The normalized spacial score (nSPS) is 10.5. The number of benzene rings is 1. The average molecular weight is 422 g/mol. The molecule has 0 fully saturated rings. The molecule has 0 aliphatic heterocycles. The fourth-order valence-electron chi connectivity index (χ4n) is 2.73. The van der Waals surface area contributed by atoms with Crippen molar-refractivity contribution in [3.8, 4) is 17.4 Å². The average Bonchev–Trinajstić information content (AvgIpc) is 2.60. The van der Waals surface area contributed by atoms with Gasteiger partial charge in [-0.25, -0.2) is 4.98 Å². The number of pyridine rings is 1. The van der Waals surface area contributed by atoms with Gasteiger partial charge in [0, 0.05) is 23.3 Å². The van der Waals surface area contributed by atoms with E-state index in [1.165, 1.54) is 0 Å². The van der Waals surface area contributed by atoms with Crippen molar-refractivity contribution in [1.82, 2.24) is 4.98 Å². The highest BCUT2D eigenvalue weighted by molar-refractivity contribution is 9.10. The number of amides is 1. The maximum Gasteiger partial charge on any atom is 0.256 e. The number of methoxy groups -OCH3 is 1. The topological polar surface area (TPSA) is 77.7 Å². The van der Waals surface area contributed by atoms with Crippen molar-refractivity contribution in [3.05, 3.63) is 40.0 Å². The van der Waals surface area contributed by atoms with Crippen LogP contribution in [-0.2, 0) is 0 Å². The first-order valence-corrected chi connectivity index (χ1v) is 9.28. The van der Waals surface area contributed by atoms with E-state index in [0.29, 0.717) is 11.5 Å². The fraction of sp³-hybridized carbons (Fsp3) is 0.368. The summed E-state index contributed by atoms with van der Waals surface area (Å²) in [7, 11) is 1.55. The van der Waals surface area contributed by atoms with Gasteiger partial charge in [-0.05, 0) is 44.5 Å². The van der Waals surface area contributed by atoms with E-state index < -0.39 is 5.91 Å². The lowest BCUT2D eigenvalue weighted by atomic mass is 10.1. The van der Waals surface area contributed by atoms with Crippen molar-refractivity contribution in [2.24, 2.45) is 5.73 Å². The Bertz CT molecular complexity index is 796. The monoisotopic (exact) mass is 421 g/mol. The molecule has 7 heteroatoms. The number of nitrogens with two attached hydrogens (primary N) is 1. The summed E-state index contributed by atoms with van der Waals surface area (Å²) in [6.07, 6.45) is 0.949. The number of halogens is 1. The van der Waals surface area contributed by atoms with Crippen LogP contribution in [0.3, 0.4) is 0 Å². The molecule has 2 aromatic rings. The van der Waals surface area contributed by atoms with E-state index in [9.17, 15) is 4.79 Å². The molecule has 0 radical (unpaired) electrons. The number of aryl methyl sites for hydroxylation is 1. The molecule has 0 aliphatic rings. The summed E-state index contributed by atoms with van der Waals surface area (Å²) in [5.74, 6) is 0.595. The van der Waals surface area contributed by atoms with E-state index in [2.05, 4.69) is 32.7 Å². The van der Waals surface area contributed by atoms with Crippen LogP contribution in [0, 0.1) is 6.92 Å². The van der Waals surface area contributed by atoms with Crippen LogP contribution in [0.15, 0.2) is 28.7 Å². The summed E-state index contributed by atoms with van der Waals surface area (Å²) in [4.78, 5) is 18.7. The van der Waals surface area contributed by atoms with Gasteiger partial charge < -0.3 is 20.1 Å². The molecular formula is C19H24BrN3O3. The second-order valence-corrected chi connectivity index (χ2v) is 6.72. The van der Waals surface area contributed by atoms with Gasteiger partial charge in [0.15, 0.2) is 11.5 Å². The minimum atomic E-state index is -0.576. The zero-order chi connectivity index (χ0) is 19.3. The van der Waals surface area contributed by atoms with Gasteiger partial charge in [0.1, 0.15) is 5.56 Å². The molecule has 0 atom stereocenters. The van der Waals surface area contributed by atoms with Crippen LogP contribution in [0.1, 0.15) is 36.3 Å². The van der Waals surface area contributed by atoms with Gasteiger partial charge in [0.2, 0.25) is 5.88 Å². The van der Waals surface area contributed by atoms with Gasteiger partial charge in [0.25, 0.3) is 5.91 Å². The van der Waals surface area contributed by atoms with Crippen molar-refractivity contribution < 1.29 is 14.3 Å². The molecule has 0 spiro atoms. The third-order valence-electron chi connectivity index (χ3n) is 3.89. The Balaban J connectivity index is 2.58. The fourth-order valence-corrected chi connectivity index (χ4v) is 3.07. The molecule has 1 amide bonds. The number of aromatic nitrogens is 1. The van der Waals surface area contributed by atoms with E-state index >= 15 is 0 Å². The van der Waals surface area contributed by atoms with Crippen LogP contribution in [0.2, 0.25) is 0 Å². The highest BCUT2D eigenvalue weighted by Gasteiger charge is 2.22. The highest BCUT2D eigenvalue weighted by Crippen LogP contribution is 2.37. The van der Waals surface area contributed by atoms with E-state index in [4.69, 9.17) is 15.2 Å². The zero-order valence-electron chi connectivity index (χ0n) is 15.5. The second-order valence-electron chi connectivity index (χ2n) is 5.80. The van der Waals surface area contributed by atoms with Gasteiger partial charge in [-0.15, -0.1) is 0 Å². The number of primary amides is 1. The van der Waals surface area contributed by atoms with E-state index in [1.54, 1.807) is 19.2 Å². The molecule has 1 aromatic heterocycles. The molecule has 6 nitrogen and oxygen atoms in total. The van der Waals surface area contributed by atoms with Crippen molar-refractivity contribution >= 4 is 27.5 Å². The Kier molecular flexibility index (Phi) is 6.85. The molecule has 1 aromatic carbocycles. The van der Waals surface area contributed by atoms with Gasteiger partial charge in [0.05, 0.1) is 12.8 Å². The summed E-state index contributed by atoms with van der Waals surface area (Å²) in [6.45, 7) is 7.54. The summed E-state index contributed by atoms with van der Waals surface area (Å²) in [6, 6.07) is 7.23. The van der Waals surface area contributed by atoms with Crippen LogP contribution >= 0.6 is 15.9 Å². The lowest BCUT2D eigenvalue weighted by Crippen LogP contribution is -2.27. The Morgan fingerprint density at radius 2 is 2.00 bits per heavy atom. The third-order valence-corrected chi connectivity index (χ3v) is 4.38. The van der Waals surface area contributed by atoms with Crippen molar-refractivity contribution in [2.45, 2.75) is 27.2 Å². The van der Waals surface area contributed by atoms with Gasteiger partial charge in [-0.2, -0.15) is 0 Å². The summed E-state index contributed by atoms with van der Waals surface area (Å²) < 4.78 is 12.2. The Morgan fingerprint density at radius 3 is 2.58 bits per heavy atom. The molecule has 1 heterocycles. The van der Waals surface area contributed by atoms with Crippen LogP contribution in [0.5, 0.6) is 17.4 Å².